The maximum absolute atomic E-state index is 12.4. The van der Waals surface area contributed by atoms with Crippen molar-refractivity contribution in [2.45, 2.75) is 71.9 Å². The lowest BCUT2D eigenvalue weighted by molar-refractivity contribution is -0.162. The molecule has 0 saturated heterocycles. The van der Waals surface area contributed by atoms with Crippen molar-refractivity contribution in [3.8, 4) is 0 Å². The minimum Gasteiger partial charge on any atom is -0.463 e. The molecule has 0 aromatic heterocycles. The Labute approximate surface area is 150 Å². The third-order valence-electron chi connectivity index (χ3n) is 3.85. The highest BCUT2D eigenvalue weighted by atomic mass is 16.6. The molecule has 1 N–H and O–H groups in total. The zero-order valence-electron chi connectivity index (χ0n) is 16.0. The van der Waals surface area contributed by atoms with E-state index in [1.165, 1.54) is 0 Å². The van der Waals surface area contributed by atoms with Gasteiger partial charge in [-0.05, 0) is 39.5 Å². The van der Waals surface area contributed by atoms with Crippen molar-refractivity contribution in [3.05, 3.63) is 12.2 Å². The average Bonchev–Trinajstić information content (AvgIpc) is 2.46. The number of esters is 2. The molecule has 0 radical (unpaired) electrons. The lowest BCUT2D eigenvalue weighted by Gasteiger charge is -2.24. The molecule has 0 aliphatic carbocycles. The number of hydrogen-bond donors (Lipinski definition) is 1. The Bertz CT molecular complexity index is 504. The summed E-state index contributed by atoms with van der Waals surface area (Å²) in [5, 5.41) is 2.90. The second-order valence-corrected chi connectivity index (χ2v) is 7.78. The first kappa shape index (κ1) is 21.2. The monoisotopic (exact) mass is 353 g/mol. The Balaban J connectivity index is 2.80. The quantitative estimate of drug-likeness (QED) is 0.623. The van der Waals surface area contributed by atoms with Gasteiger partial charge in [0.05, 0.1) is 18.4 Å². The summed E-state index contributed by atoms with van der Waals surface area (Å²) >= 11 is 0. The van der Waals surface area contributed by atoms with Crippen LogP contribution in [0, 0.1) is 11.8 Å². The van der Waals surface area contributed by atoms with Crippen LogP contribution in [-0.4, -0.2) is 36.1 Å². The van der Waals surface area contributed by atoms with Gasteiger partial charge < -0.3 is 14.8 Å². The third-order valence-corrected chi connectivity index (χ3v) is 3.85. The van der Waals surface area contributed by atoms with Crippen molar-refractivity contribution < 1.29 is 23.9 Å². The largest absolute Gasteiger partial charge is 0.463 e. The van der Waals surface area contributed by atoms with Gasteiger partial charge in [-0.25, -0.2) is 0 Å². The highest BCUT2D eigenvalue weighted by molar-refractivity contribution is 5.80. The molecule has 0 saturated carbocycles. The molecule has 0 fully saturated rings. The number of amides is 1. The summed E-state index contributed by atoms with van der Waals surface area (Å²) in [5.41, 5.74) is -0.588. The van der Waals surface area contributed by atoms with Crippen LogP contribution < -0.4 is 5.32 Å². The summed E-state index contributed by atoms with van der Waals surface area (Å²) in [6, 6.07) is -0.234. The van der Waals surface area contributed by atoms with Gasteiger partial charge in [-0.3, -0.25) is 14.4 Å². The topological polar surface area (TPSA) is 81.7 Å². The van der Waals surface area contributed by atoms with Crippen LogP contribution in [0.5, 0.6) is 0 Å². The molecule has 0 bridgehead atoms. The minimum absolute atomic E-state index is 0.0147. The standard InChI is InChI=1S/C19H31NO5/c1-13(2)15-12-24-18(23)14(11-17(22)25-19(3,4)5)9-7-6-8-10-16(21)20-15/h6-7,13-15H,8-12H2,1-5H3,(H,20,21)/b7-6-/t14-,15-/m0/s1. The van der Waals surface area contributed by atoms with Crippen LogP contribution >= 0.6 is 0 Å². The molecule has 142 valence electrons. The summed E-state index contributed by atoms with van der Waals surface area (Å²) in [7, 11) is 0. The van der Waals surface area contributed by atoms with Gasteiger partial charge in [-0.15, -0.1) is 0 Å². The zero-order valence-corrected chi connectivity index (χ0v) is 16.0. The van der Waals surface area contributed by atoms with Crippen molar-refractivity contribution >= 4 is 17.8 Å². The maximum Gasteiger partial charge on any atom is 0.309 e. The molecule has 1 aliphatic rings. The Morgan fingerprint density at radius 2 is 2.00 bits per heavy atom. The fourth-order valence-electron chi connectivity index (χ4n) is 2.41. The molecular weight excluding hydrogens is 322 g/mol. The number of ether oxygens (including phenoxy) is 2. The van der Waals surface area contributed by atoms with E-state index in [2.05, 4.69) is 5.32 Å². The van der Waals surface area contributed by atoms with Crippen molar-refractivity contribution in [1.29, 1.82) is 0 Å². The van der Waals surface area contributed by atoms with Crippen LogP contribution in [0.2, 0.25) is 0 Å². The first-order valence-corrected chi connectivity index (χ1v) is 8.91. The molecule has 0 spiro atoms. The summed E-state index contributed by atoms with van der Waals surface area (Å²) in [6.45, 7) is 9.41. The summed E-state index contributed by atoms with van der Waals surface area (Å²) < 4.78 is 10.7. The number of rotatable bonds is 3. The fourth-order valence-corrected chi connectivity index (χ4v) is 2.41. The molecule has 0 unspecified atom stereocenters. The molecule has 0 aromatic carbocycles. The van der Waals surface area contributed by atoms with Crippen molar-refractivity contribution in [3.63, 3.8) is 0 Å². The van der Waals surface area contributed by atoms with Gasteiger partial charge in [0.2, 0.25) is 5.91 Å². The first-order chi connectivity index (χ1) is 11.6. The number of hydrogen-bond acceptors (Lipinski definition) is 5. The number of carbonyl (C=O) groups is 3. The number of cyclic esters (lactones) is 1. The van der Waals surface area contributed by atoms with Gasteiger partial charge in [0.25, 0.3) is 0 Å². The van der Waals surface area contributed by atoms with Crippen molar-refractivity contribution in [2.75, 3.05) is 6.61 Å². The first-order valence-electron chi connectivity index (χ1n) is 8.91. The van der Waals surface area contributed by atoms with Crippen LogP contribution in [0.1, 0.15) is 60.3 Å². The van der Waals surface area contributed by atoms with Crippen LogP contribution in [0.25, 0.3) is 0 Å². The highest BCUT2D eigenvalue weighted by Crippen LogP contribution is 2.18. The van der Waals surface area contributed by atoms with Crippen LogP contribution in [-0.2, 0) is 23.9 Å². The molecule has 6 heteroatoms. The molecule has 1 rings (SSSR count). The molecule has 1 heterocycles. The summed E-state index contributed by atoms with van der Waals surface area (Å²) in [6.07, 6.45) is 5.06. The van der Waals surface area contributed by atoms with Crippen LogP contribution in [0.4, 0.5) is 0 Å². The average molecular weight is 353 g/mol. The molecule has 1 aliphatic heterocycles. The van der Waals surface area contributed by atoms with Crippen LogP contribution in [0.15, 0.2) is 12.2 Å². The van der Waals surface area contributed by atoms with Gasteiger partial charge in [0.1, 0.15) is 12.2 Å². The maximum atomic E-state index is 12.4. The highest BCUT2D eigenvalue weighted by Gasteiger charge is 2.27. The van der Waals surface area contributed by atoms with Gasteiger partial charge in [0, 0.05) is 6.42 Å². The van der Waals surface area contributed by atoms with E-state index < -0.39 is 23.5 Å². The third kappa shape index (κ3) is 8.70. The van der Waals surface area contributed by atoms with E-state index in [-0.39, 0.29) is 30.9 Å². The normalized spacial score (nSPS) is 24.6. The SMILES string of the molecule is CC(C)[C@@H]1COC(=O)[C@H](CC(=O)OC(C)(C)C)C/C=C\CCC(=O)N1. The van der Waals surface area contributed by atoms with Gasteiger partial charge in [-0.1, -0.05) is 26.0 Å². The van der Waals surface area contributed by atoms with E-state index in [1.54, 1.807) is 20.8 Å². The minimum atomic E-state index is -0.588. The Kier molecular flexibility index (Phi) is 8.13. The number of nitrogens with one attached hydrogen (secondary N) is 1. The summed E-state index contributed by atoms with van der Waals surface area (Å²) in [5.74, 6) is -1.33. The number of carbonyl (C=O) groups excluding carboxylic acids is 3. The lowest BCUT2D eigenvalue weighted by atomic mass is 10.00. The fraction of sp³-hybridized carbons (Fsp3) is 0.737. The summed E-state index contributed by atoms with van der Waals surface area (Å²) in [4.78, 5) is 36.3. The Morgan fingerprint density at radius 1 is 1.32 bits per heavy atom. The molecule has 2 atom stereocenters. The second kappa shape index (κ2) is 9.59. The molecule has 0 aromatic rings. The zero-order chi connectivity index (χ0) is 19.0. The van der Waals surface area contributed by atoms with Gasteiger partial charge >= 0.3 is 11.9 Å². The molecule has 25 heavy (non-hydrogen) atoms. The number of allylic oxidation sites excluding steroid dienone is 2. The molecule has 6 nitrogen and oxygen atoms in total. The van der Waals surface area contributed by atoms with E-state index in [0.717, 1.165) is 0 Å². The predicted molar refractivity (Wildman–Crippen MR) is 94.7 cm³/mol. The molecule has 1 amide bonds. The smallest absolute Gasteiger partial charge is 0.309 e. The van der Waals surface area contributed by atoms with Gasteiger partial charge in [-0.2, -0.15) is 0 Å². The molecular formula is C19H31NO5. The Hall–Kier alpha value is -1.85. The van der Waals surface area contributed by atoms with Crippen LogP contribution in [0.3, 0.4) is 0 Å². The van der Waals surface area contributed by atoms with Crippen molar-refractivity contribution in [2.24, 2.45) is 11.8 Å². The van der Waals surface area contributed by atoms with E-state index >= 15 is 0 Å². The Morgan fingerprint density at radius 3 is 2.60 bits per heavy atom. The lowest BCUT2D eigenvalue weighted by Crippen LogP contribution is -2.42. The van der Waals surface area contributed by atoms with E-state index in [0.29, 0.717) is 19.3 Å². The van der Waals surface area contributed by atoms with E-state index in [1.807, 2.05) is 26.0 Å². The second-order valence-electron chi connectivity index (χ2n) is 7.78. The predicted octanol–water partition coefficient (Wildman–Crippen LogP) is 2.76. The van der Waals surface area contributed by atoms with E-state index in [4.69, 9.17) is 9.47 Å². The van der Waals surface area contributed by atoms with Crippen molar-refractivity contribution in [1.82, 2.24) is 5.32 Å². The van der Waals surface area contributed by atoms with E-state index in [9.17, 15) is 14.4 Å². The van der Waals surface area contributed by atoms with Gasteiger partial charge in [0.15, 0.2) is 0 Å².